The van der Waals surface area contributed by atoms with Gasteiger partial charge in [0.15, 0.2) is 5.70 Å². The van der Waals surface area contributed by atoms with Crippen molar-refractivity contribution in [3.8, 4) is 0 Å². The molecule has 0 spiro atoms. The van der Waals surface area contributed by atoms with Crippen LogP contribution in [0.3, 0.4) is 0 Å². The third kappa shape index (κ3) is 1.53. The molecule has 2 aliphatic rings. The van der Waals surface area contributed by atoms with Gasteiger partial charge in [0.25, 0.3) is 0 Å². The molecule has 2 heterocycles. The van der Waals surface area contributed by atoms with E-state index in [9.17, 15) is 9.59 Å². The number of esters is 2. The maximum atomic E-state index is 11.5. The Morgan fingerprint density at radius 3 is 2.62 bits per heavy atom. The number of hydrogen-bond donors (Lipinski definition) is 0. The van der Waals surface area contributed by atoms with E-state index in [4.69, 9.17) is 0 Å². The molecule has 0 aromatic carbocycles. The summed E-state index contributed by atoms with van der Waals surface area (Å²) in [4.78, 5) is 23.0. The number of carbonyl (C=O) groups excluding carboxylic acids is 2. The third-order valence-corrected chi connectivity index (χ3v) is 2.73. The molecule has 0 atom stereocenters. The largest absolute Gasteiger partial charge is 0.385 e. The minimum Gasteiger partial charge on any atom is -0.385 e. The van der Waals surface area contributed by atoms with Crippen molar-refractivity contribution in [3.05, 3.63) is 23.0 Å². The Kier molecular flexibility index (Phi) is 2.55. The topological polar surface area (TPSA) is 49.9 Å². The molecule has 2 rings (SSSR count). The lowest BCUT2D eigenvalue weighted by Crippen LogP contribution is -2.36. The number of nitrogens with zero attached hydrogens (tertiary/aromatic N) is 2. The number of hydrogen-bond acceptors (Lipinski definition) is 5. The maximum Gasteiger partial charge on any atom is 0.364 e. The molecular weight excluding hydrogens is 208 g/mol. The van der Waals surface area contributed by atoms with Crippen molar-refractivity contribution >= 4 is 11.9 Å². The summed E-state index contributed by atoms with van der Waals surface area (Å²) in [5, 5.41) is 3.43. The highest BCUT2D eigenvalue weighted by Crippen LogP contribution is 2.32. The molecule has 5 nitrogen and oxygen atoms in total. The van der Waals surface area contributed by atoms with Crippen LogP contribution in [0.4, 0.5) is 0 Å². The lowest BCUT2D eigenvalue weighted by molar-refractivity contribution is -0.152. The number of carbonyl (C=O) groups is 2. The van der Waals surface area contributed by atoms with Gasteiger partial charge in [-0.2, -0.15) is 0 Å². The molecule has 0 radical (unpaired) electrons. The van der Waals surface area contributed by atoms with Crippen molar-refractivity contribution in [1.82, 2.24) is 10.0 Å². The van der Waals surface area contributed by atoms with E-state index in [1.54, 1.807) is 10.0 Å². The number of rotatable bonds is 2. The molecule has 16 heavy (non-hydrogen) atoms. The average molecular weight is 222 g/mol. The molecule has 0 N–H and O–H groups in total. The Hall–Kier alpha value is -1.62. The van der Waals surface area contributed by atoms with Gasteiger partial charge in [0.2, 0.25) is 0 Å². The van der Waals surface area contributed by atoms with E-state index in [2.05, 4.69) is 4.74 Å². The summed E-state index contributed by atoms with van der Waals surface area (Å²) in [5.41, 5.74) is 1.93. The fourth-order valence-corrected chi connectivity index (χ4v) is 1.84. The van der Waals surface area contributed by atoms with Crippen LogP contribution < -0.4 is 0 Å². The van der Waals surface area contributed by atoms with Crippen LogP contribution in [0, 0.1) is 0 Å². The van der Waals surface area contributed by atoms with Gasteiger partial charge < -0.3 is 4.74 Å². The Balaban J connectivity index is 2.44. The van der Waals surface area contributed by atoms with E-state index >= 15 is 0 Å². The molecule has 0 aliphatic carbocycles. The molecule has 2 aliphatic heterocycles. The van der Waals surface area contributed by atoms with Crippen molar-refractivity contribution in [2.75, 3.05) is 14.1 Å². The Morgan fingerprint density at radius 2 is 2.06 bits per heavy atom. The van der Waals surface area contributed by atoms with Crippen molar-refractivity contribution < 1.29 is 14.3 Å². The van der Waals surface area contributed by atoms with E-state index in [1.807, 2.05) is 27.2 Å². The second-order valence-electron chi connectivity index (χ2n) is 4.01. The summed E-state index contributed by atoms with van der Waals surface area (Å²) >= 11 is 0. The van der Waals surface area contributed by atoms with Crippen LogP contribution >= 0.6 is 0 Å². The molecule has 86 valence electrons. The smallest absolute Gasteiger partial charge is 0.364 e. The molecule has 0 aromatic rings. The van der Waals surface area contributed by atoms with Gasteiger partial charge >= 0.3 is 11.9 Å². The zero-order chi connectivity index (χ0) is 11.9. The minimum atomic E-state index is -0.555. The predicted octanol–water partition coefficient (Wildman–Crippen LogP) is 0.800. The second-order valence-corrected chi connectivity index (χ2v) is 4.01. The van der Waals surface area contributed by atoms with Crippen LogP contribution in [-0.2, 0) is 14.3 Å². The van der Waals surface area contributed by atoms with E-state index < -0.39 is 11.9 Å². The normalized spacial score (nSPS) is 20.2. The summed E-state index contributed by atoms with van der Waals surface area (Å²) in [6, 6.07) is 0. The van der Waals surface area contributed by atoms with Gasteiger partial charge in [-0.25, -0.2) is 14.6 Å². The highest BCUT2D eigenvalue weighted by Gasteiger charge is 2.39. The first-order chi connectivity index (χ1) is 7.54. The number of cyclic esters (lactones) is 2. The molecule has 0 fully saturated rings. The summed E-state index contributed by atoms with van der Waals surface area (Å²) in [6.07, 6.45) is 3.25. The lowest BCUT2D eigenvalue weighted by Gasteiger charge is -2.30. The first-order valence-corrected chi connectivity index (χ1v) is 5.20. The zero-order valence-electron chi connectivity index (χ0n) is 9.61. The minimum absolute atomic E-state index is 0.354. The molecule has 0 saturated heterocycles. The quantitative estimate of drug-likeness (QED) is 0.511. The summed E-state index contributed by atoms with van der Waals surface area (Å²) in [7, 11) is 3.63. The van der Waals surface area contributed by atoms with E-state index in [0.29, 0.717) is 17.7 Å². The summed E-state index contributed by atoms with van der Waals surface area (Å²) < 4.78 is 4.63. The van der Waals surface area contributed by atoms with Crippen LogP contribution in [0.15, 0.2) is 23.0 Å². The van der Waals surface area contributed by atoms with Gasteiger partial charge in [-0.3, -0.25) is 5.01 Å². The molecule has 0 saturated carbocycles. The Bertz CT molecular complexity index is 421. The first-order valence-electron chi connectivity index (χ1n) is 5.20. The first kappa shape index (κ1) is 10.9. The molecule has 0 bridgehead atoms. The van der Waals surface area contributed by atoms with Crippen LogP contribution in [-0.4, -0.2) is 36.1 Å². The number of allylic oxidation sites excluding steroid dienone is 1. The molecule has 0 unspecified atom stereocenters. The van der Waals surface area contributed by atoms with Gasteiger partial charge in [0, 0.05) is 26.7 Å². The van der Waals surface area contributed by atoms with Gasteiger partial charge in [0.05, 0.1) is 5.57 Å². The number of hydrazine groups is 1. The van der Waals surface area contributed by atoms with Gasteiger partial charge in [-0.05, 0) is 12.0 Å². The van der Waals surface area contributed by atoms with Crippen LogP contribution in [0.2, 0.25) is 0 Å². The SMILES string of the molecule is CCC1=CN(N(C)C)C2=C(C1)C(=O)OC2=O. The van der Waals surface area contributed by atoms with Gasteiger partial charge in [-0.1, -0.05) is 6.92 Å². The Morgan fingerprint density at radius 1 is 1.38 bits per heavy atom. The van der Waals surface area contributed by atoms with Crippen LogP contribution in [0.5, 0.6) is 0 Å². The van der Waals surface area contributed by atoms with Crippen LogP contribution in [0.1, 0.15) is 19.8 Å². The maximum absolute atomic E-state index is 11.5. The molecular formula is C11H14N2O3. The fourth-order valence-electron chi connectivity index (χ4n) is 1.84. The van der Waals surface area contributed by atoms with Gasteiger partial charge in [0.1, 0.15) is 0 Å². The van der Waals surface area contributed by atoms with Crippen molar-refractivity contribution in [3.63, 3.8) is 0 Å². The van der Waals surface area contributed by atoms with E-state index in [-0.39, 0.29) is 0 Å². The predicted molar refractivity (Wildman–Crippen MR) is 56.6 cm³/mol. The molecule has 0 amide bonds. The summed E-state index contributed by atoms with van der Waals surface area (Å²) in [5.74, 6) is -1.06. The monoisotopic (exact) mass is 222 g/mol. The fraction of sp³-hybridized carbons (Fsp3) is 0.455. The Labute approximate surface area is 93.9 Å². The number of ether oxygens (including phenoxy) is 1. The third-order valence-electron chi connectivity index (χ3n) is 2.73. The van der Waals surface area contributed by atoms with Crippen molar-refractivity contribution in [2.24, 2.45) is 0 Å². The average Bonchev–Trinajstić information content (AvgIpc) is 2.53. The lowest BCUT2D eigenvalue weighted by atomic mass is 10.00. The molecule has 0 aromatic heterocycles. The highest BCUT2D eigenvalue weighted by atomic mass is 16.6. The second kappa shape index (κ2) is 3.75. The van der Waals surface area contributed by atoms with Crippen molar-refractivity contribution in [1.29, 1.82) is 0 Å². The highest BCUT2D eigenvalue weighted by molar-refractivity contribution is 6.12. The summed E-state index contributed by atoms with van der Waals surface area (Å²) in [6.45, 7) is 2.02. The van der Waals surface area contributed by atoms with E-state index in [1.165, 1.54) is 0 Å². The zero-order valence-corrected chi connectivity index (χ0v) is 9.61. The standard InChI is InChI=1S/C11H14N2O3/c1-4-7-5-8-9(11(15)16-10(8)14)13(6-7)12(2)3/h6H,4-5H2,1-3H3. The van der Waals surface area contributed by atoms with Crippen LogP contribution in [0.25, 0.3) is 0 Å². The van der Waals surface area contributed by atoms with Gasteiger partial charge in [-0.15, -0.1) is 0 Å². The van der Waals surface area contributed by atoms with E-state index in [0.717, 1.165) is 12.0 Å². The van der Waals surface area contributed by atoms with Crippen molar-refractivity contribution in [2.45, 2.75) is 19.8 Å². The molecule has 5 heteroatoms.